The van der Waals surface area contributed by atoms with Gasteiger partial charge in [0.25, 0.3) is 0 Å². The van der Waals surface area contributed by atoms with Crippen LogP contribution in [0.15, 0.2) is 18.2 Å². The monoisotopic (exact) mass is 264 g/mol. The van der Waals surface area contributed by atoms with Crippen LogP contribution < -0.4 is 10.5 Å². The lowest BCUT2D eigenvalue weighted by atomic mass is 10.2. The van der Waals surface area contributed by atoms with E-state index >= 15 is 0 Å². The summed E-state index contributed by atoms with van der Waals surface area (Å²) in [7, 11) is 0. The van der Waals surface area contributed by atoms with Crippen molar-refractivity contribution in [2.45, 2.75) is 26.4 Å². The maximum Gasteiger partial charge on any atom is 0.181 e. The Hall–Kier alpha value is -1.95. The van der Waals surface area contributed by atoms with Gasteiger partial charge in [-0.15, -0.1) is 0 Å². The van der Waals surface area contributed by atoms with Crippen molar-refractivity contribution >= 4 is 0 Å². The summed E-state index contributed by atoms with van der Waals surface area (Å²) in [5.41, 5.74) is 6.04. The Bertz CT molecular complexity index is 553. The molecule has 0 saturated carbocycles. The number of nitrogens with two attached hydrogens (primary N) is 1. The molecule has 3 N–H and O–H groups in total. The van der Waals surface area contributed by atoms with E-state index in [1.165, 1.54) is 6.07 Å². The molecule has 2 rings (SSSR count). The van der Waals surface area contributed by atoms with Crippen molar-refractivity contribution in [3.8, 4) is 17.1 Å². The predicted octanol–water partition coefficient (Wildman–Crippen LogP) is 1.90. The number of nitrogens with one attached hydrogen (secondary N) is 1. The van der Waals surface area contributed by atoms with Gasteiger partial charge < -0.3 is 10.5 Å². The fourth-order valence-corrected chi connectivity index (χ4v) is 1.66. The molecule has 0 unspecified atom stereocenters. The summed E-state index contributed by atoms with van der Waals surface area (Å²) in [6, 6.07) is 4.69. The second-order valence-corrected chi connectivity index (χ2v) is 4.46. The molecule has 0 aliphatic carbocycles. The number of ether oxygens (including phenoxy) is 1. The van der Waals surface area contributed by atoms with Crippen molar-refractivity contribution in [3.63, 3.8) is 0 Å². The largest absolute Gasteiger partial charge is 0.488 e. The van der Waals surface area contributed by atoms with Gasteiger partial charge in [-0.1, -0.05) is 0 Å². The molecule has 19 heavy (non-hydrogen) atoms. The third kappa shape index (κ3) is 3.29. The van der Waals surface area contributed by atoms with E-state index in [-0.39, 0.29) is 11.9 Å². The number of aromatic nitrogens is 3. The number of aromatic amines is 1. The molecule has 0 atom stereocenters. The van der Waals surface area contributed by atoms with Gasteiger partial charge >= 0.3 is 0 Å². The molecular weight excluding hydrogens is 247 g/mol. The van der Waals surface area contributed by atoms with E-state index < -0.39 is 5.82 Å². The number of halogens is 1. The molecule has 1 aromatic carbocycles. The van der Waals surface area contributed by atoms with Crippen LogP contribution in [0.3, 0.4) is 0 Å². The Morgan fingerprint density at radius 1 is 1.42 bits per heavy atom. The Morgan fingerprint density at radius 2 is 2.21 bits per heavy atom. The highest BCUT2D eigenvalue weighted by molar-refractivity contribution is 5.56. The zero-order chi connectivity index (χ0) is 13.8. The van der Waals surface area contributed by atoms with Crippen molar-refractivity contribution in [3.05, 3.63) is 29.8 Å². The maximum absolute atomic E-state index is 13.8. The highest BCUT2D eigenvalue weighted by Gasteiger charge is 2.10. The summed E-state index contributed by atoms with van der Waals surface area (Å²) in [5, 5.41) is 6.81. The molecule has 5 nitrogen and oxygen atoms in total. The molecule has 0 aliphatic rings. The quantitative estimate of drug-likeness (QED) is 0.864. The maximum atomic E-state index is 13.8. The molecule has 102 valence electrons. The molecule has 0 fully saturated rings. The van der Waals surface area contributed by atoms with Gasteiger partial charge in [0.2, 0.25) is 0 Å². The lowest BCUT2D eigenvalue weighted by Crippen LogP contribution is -2.06. The zero-order valence-electron chi connectivity index (χ0n) is 11.0. The van der Waals surface area contributed by atoms with Gasteiger partial charge in [0.1, 0.15) is 5.82 Å². The first kappa shape index (κ1) is 13.5. The molecule has 0 aliphatic heterocycles. The molecule has 1 heterocycles. The number of H-pyrrole nitrogens is 1. The first-order valence-corrected chi connectivity index (χ1v) is 6.18. The van der Waals surface area contributed by atoms with Crippen molar-refractivity contribution in [1.29, 1.82) is 0 Å². The summed E-state index contributed by atoms with van der Waals surface area (Å²) in [6.45, 7) is 4.19. The van der Waals surface area contributed by atoms with Crippen LogP contribution in [-0.2, 0) is 6.42 Å². The van der Waals surface area contributed by atoms with E-state index in [0.29, 0.717) is 30.2 Å². The smallest absolute Gasteiger partial charge is 0.181 e. The Kier molecular flexibility index (Phi) is 4.11. The van der Waals surface area contributed by atoms with Crippen molar-refractivity contribution in [2.24, 2.45) is 5.73 Å². The number of hydrogen-bond acceptors (Lipinski definition) is 4. The second kappa shape index (κ2) is 5.79. The molecule has 0 spiro atoms. The fourth-order valence-electron chi connectivity index (χ4n) is 1.66. The normalized spacial score (nSPS) is 11.0. The number of nitrogens with zero attached hydrogens (tertiary/aromatic N) is 2. The minimum absolute atomic E-state index is 0.0694. The van der Waals surface area contributed by atoms with E-state index in [0.717, 1.165) is 0 Å². The number of hydrogen-bond donors (Lipinski definition) is 2. The van der Waals surface area contributed by atoms with Crippen molar-refractivity contribution < 1.29 is 9.13 Å². The zero-order valence-corrected chi connectivity index (χ0v) is 11.0. The summed E-state index contributed by atoms with van der Waals surface area (Å²) in [5.74, 6) is 0.965. The molecule has 0 radical (unpaired) electrons. The highest BCUT2D eigenvalue weighted by atomic mass is 19.1. The lowest BCUT2D eigenvalue weighted by Gasteiger charge is -2.10. The average molecular weight is 264 g/mol. The topological polar surface area (TPSA) is 76.8 Å². The van der Waals surface area contributed by atoms with Gasteiger partial charge in [-0.25, -0.2) is 9.37 Å². The van der Waals surface area contributed by atoms with Gasteiger partial charge in [-0.2, -0.15) is 5.10 Å². The van der Waals surface area contributed by atoms with Gasteiger partial charge in [0.15, 0.2) is 17.4 Å². The Morgan fingerprint density at radius 3 is 2.84 bits per heavy atom. The summed E-state index contributed by atoms with van der Waals surface area (Å²) in [4.78, 5) is 4.25. The minimum atomic E-state index is -0.420. The average Bonchev–Trinajstić information content (AvgIpc) is 2.80. The van der Waals surface area contributed by atoms with Crippen LogP contribution in [0, 0.1) is 5.82 Å². The molecule has 0 amide bonds. The predicted molar refractivity (Wildman–Crippen MR) is 70.3 cm³/mol. The van der Waals surface area contributed by atoms with E-state index in [1.54, 1.807) is 12.1 Å². The summed E-state index contributed by atoms with van der Waals surface area (Å²) in [6.07, 6.45) is 0.546. The van der Waals surface area contributed by atoms with Crippen LogP contribution in [0.5, 0.6) is 5.75 Å². The lowest BCUT2D eigenvalue weighted by molar-refractivity contribution is 0.231. The standard InChI is InChI=1S/C13H17FN4O/c1-8(2)19-11-4-3-9(7-10(11)14)13-16-12(5-6-15)17-18-13/h3-4,7-8H,5-6,15H2,1-2H3,(H,16,17,18). The van der Waals surface area contributed by atoms with Crippen LogP contribution in [0.4, 0.5) is 4.39 Å². The summed E-state index contributed by atoms with van der Waals surface area (Å²) < 4.78 is 19.2. The molecule has 0 saturated heterocycles. The molecular formula is C13H17FN4O. The molecule has 6 heteroatoms. The highest BCUT2D eigenvalue weighted by Crippen LogP contribution is 2.24. The number of benzene rings is 1. The van der Waals surface area contributed by atoms with Crippen LogP contribution in [0.25, 0.3) is 11.4 Å². The first-order valence-electron chi connectivity index (χ1n) is 6.18. The van der Waals surface area contributed by atoms with Crippen LogP contribution in [0.1, 0.15) is 19.7 Å². The van der Waals surface area contributed by atoms with Crippen LogP contribution in [-0.4, -0.2) is 27.8 Å². The fraction of sp³-hybridized carbons (Fsp3) is 0.385. The van der Waals surface area contributed by atoms with E-state index in [2.05, 4.69) is 15.2 Å². The van der Waals surface area contributed by atoms with Gasteiger partial charge in [-0.3, -0.25) is 5.10 Å². The van der Waals surface area contributed by atoms with Gasteiger partial charge in [0.05, 0.1) is 6.10 Å². The van der Waals surface area contributed by atoms with Gasteiger partial charge in [0, 0.05) is 12.0 Å². The van der Waals surface area contributed by atoms with Crippen LogP contribution in [0.2, 0.25) is 0 Å². The van der Waals surface area contributed by atoms with Crippen LogP contribution >= 0.6 is 0 Å². The third-order valence-electron chi connectivity index (χ3n) is 2.47. The van der Waals surface area contributed by atoms with E-state index in [1.807, 2.05) is 13.8 Å². The molecule has 1 aromatic heterocycles. The van der Waals surface area contributed by atoms with Gasteiger partial charge in [-0.05, 0) is 38.6 Å². The summed E-state index contributed by atoms with van der Waals surface area (Å²) >= 11 is 0. The third-order valence-corrected chi connectivity index (χ3v) is 2.47. The molecule has 0 bridgehead atoms. The minimum Gasteiger partial charge on any atom is -0.488 e. The molecule has 2 aromatic rings. The SMILES string of the molecule is CC(C)Oc1ccc(-c2n[nH]c(CCN)n2)cc1F. The Labute approximate surface area is 111 Å². The van der Waals surface area contributed by atoms with Crippen molar-refractivity contribution in [1.82, 2.24) is 15.2 Å². The van der Waals surface area contributed by atoms with Crippen molar-refractivity contribution in [2.75, 3.05) is 6.54 Å². The first-order chi connectivity index (χ1) is 9.10. The van der Waals surface area contributed by atoms with E-state index in [9.17, 15) is 4.39 Å². The van der Waals surface area contributed by atoms with E-state index in [4.69, 9.17) is 10.5 Å². The second-order valence-electron chi connectivity index (χ2n) is 4.46. The Balaban J connectivity index is 2.22. The number of rotatable bonds is 5.